The van der Waals surface area contributed by atoms with E-state index in [1.165, 1.54) is 19.5 Å². The number of esters is 4. The van der Waals surface area contributed by atoms with Crippen molar-refractivity contribution in [3.8, 4) is 0 Å². The zero-order valence-electron chi connectivity index (χ0n) is 31.2. The molecule has 2 aliphatic carbocycles. The number of carboxylic acids is 1. The molecule has 0 bridgehead atoms. The number of ether oxygens (including phenoxy) is 6. The van der Waals surface area contributed by atoms with Gasteiger partial charge in [0.2, 0.25) is 6.10 Å². The van der Waals surface area contributed by atoms with Crippen LogP contribution in [-0.4, -0.2) is 106 Å². The molecule has 53 heavy (non-hydrogen) atoms. The Balaban J connectivity index is 1.54. The molecule has 14 atom stereocenters. The quantitative estimate of drug-likeness (QED) is 0.121. The number of carboxylic acid groups (broad SMARTS) is 1. The van der Waals surface area contributed by atoms with Crippen LogP contribution in [0.15, 0.2) is 35.2 Å². The van der Waals surface area contributed by atoms with Crippen LogP contribution in [0.2, 0.25) is 0 Å². The number of carbonyl (C=O) groups is 5. The van der Waals surface area contributed by atoms with Gasteiger partial charge in [0.25, 0.3) is 0 Å². The predicted molar refractivity (Wildman–Crippen MR) is 179 cm³/mol. The van der Waals surface area contributed by atoms with Crippen LogP contribution in [-0.2, 0) is 52.4 Å². The molecule has 4 heterocycles. The summed E-state index contributed by atoms with van der Waals surface area (Å²) >= 11 is 0. The molecule has 14 unspecified atom stereocenters. The zero-order valence-corrected chi connectivity index (χ0v) is 31.2. The maximum atomic E-state index is 13.9. The molecule has 3 N–H and O–H groups in total. The number of furan rings is 1. The third kappa shape index (κ3) is 5.63. The largest absolute Gasteiger partial charge is 0.481 e. The van der Waals surface area contributed by atoms with E-state index in [-0.39, 0.29) is 6.42 Å². The fraction of sp³-hybridized carbons (Fsp3) is 0.711. The number of hydrogen-bond donors (Lipinski definition) is 3. The Bertz CT molecular complexity index is 1670. The van der Waals surface area contributed by atoms with Gasteiger partial charge in [0.1, 0.15) is 35.6 Å². The summed E-state index contributed by atoms with van der Waals surface area (Å²) in [5.41, 5.74) is -4.49. The lowest BCUT2D eigenvalue weighted by Gasteiger charge is -2.55. The van der Waals surface area contributed by atoms with Gasteiger partial charge in [-0.25, -0.2) is 9.59 Å². The van der Waals surface area contributed by atoms with Crippen molar-refractivity contribution in [3.05, 3.63) is 36.3 Å². The first kappa shape index (κ1) is 38.9. The highest BCUT2D eigenvalue weighted by atomic mass is 16.7. The minimum Gasteiger partial charge on any atom is -0.481 e. The molecule has 15 nitrogen and oxygen atoms in total. The summed E-state index contributed by atoms with van der Waals surface area (Å²) in [6.45, 7) is 17.0. The number of hydrogen-bond acceptors (Lipinski definition) is 14. The van der Waals surface area contributed by atoms with Crippen molar-refractivity contribution in [2.24, 2.45) is 34.5 Å². The van der Waals surface area contributed by atoms with E-state index in [1.807, 2.05) is 0 Å². The van der Waals surface area contributed by atoms with Crippen molar-refractivity contribution in [1.82, 2.24) is 0 Å². The first-order valence-electron chi connectivity index (χ1n) is 18.1. The number of aliphatic hydroxyl groups excluding tert-OH is 2. The van der Waals surface area contributed by atoms with Crippen LogP contribution in [0, 0.1) is 34.5 Å². The third-order valence-corrected chi connectivity index (χ3v) is 12.8. The van der Waals surface area contributed by atoms with Gasteiger partial charge in [-0.1, -0.05) is 48.1 Å². The second-order valence-corrected chi connectivity index (χ2v) is 16.6. The molecule has 1 spiro atoms. The van der Waals surface area contributed by atoms with E-state index in [9.17, 15) is 39.3 Å². The topological polar surface area (TPSA) is 218 Å². The summed E-state index contributed by atoms with van der Waals surface area (Å²) in [5.74, 6) is -7.71. The second-order valence-electron chi connectivity index (χ2n) is 16.6. The SMILES string of the molecule is C=C1C2C(OC(CC(=O)O)C2(C)C2CC(=O)OC2(C)CO)C(OC(=O)C(O)C(C)C)C2(C)C(c3ccoc3)C(OC(=O)C(OC(C)=O)C(C)C)C3OC132. The number of aliphatic carboxylic acids is 1. The normalized spacial score (nSPS) is 40.9. The lowest BCUT2D eigenvalue weighted by atomic mass is 9.49. The first-order valence-corrected chi connectivity index (χ1v) is 18.1. The molecule has 3 saturated heterocycles. The van der Waals surface area contributed by atoms with Crippen molar-refractivity contribution in [2.45, 2.75) is 128 Å². The van der Waals surface area contributed by atoms with Crippen LogP contribution in [0.5, 0.6) is 0 Å². The molecule has 1 aromatic heterocycles. The number of aliphatic hydroxyl groups is 2. The molecule has 0 amide bonds. The second kappa shape index (κ2) is 13.2. The van der Waals surface area contributed by atoms with Gasteiger partial charge in [-0.2, -0.15) is 0 Å². The molecule has 1 aromatic rings. The number of rotatable bonds is 12. The number of cyclic esters (lactones) is 1. The van der Waals surface area contributed by atoms with Crippen molar-refractivity contribution in [1.29, 1.82) is 0 Å². The lowest BCUT2D eigenvalue weighted by molar-refractivity contribution is -0.202. The minimum atomic E-state index is -1.55. The summed E-state index contributed by atoms with van der Waals surface area (Å²) in [6.07, 6.45) is -6.04. The Labute approximate surface area is 307 Å². The van der Waals surface area contributed by atoms with Crippen LogP contribution >= 0.6 is 0 Å². The Hall–Kier alpha value is -3.79. The summed E-state index contributed by atoms with van der Waals surface area (Å²) in [5, 5.41) is 31.7. The van der Waals surface area contributed by atoms with E-state index >= 15 is 0 Å². The molecule has 5 aliphatic rings. The maximum Gasteiger partial charge on any atom is 0.348 e. The lowest BCUT2D eigenvalue weighted by Crippen LogP contribution is -2.64. The molecule has 0 radical (unpaired) electrons. The first-order chi connectivity index (χ1) is 24.7. The van der Waals surface area contributed by atoms with Gasteiger partial charge in [-0.3, -0.25) is 14.4 Å². The van der Waals surface area contributed by atoms with E-state index in [0.29, 0.717) is 11.1 Å². The predicted octanol–water partition coefficient (Wildman–Crippen LogP) is 2.70. The van der Waals surface area contributed by atoms with Gasteiger partial charge in [0, 0.05) is 36.0 Å². The molecule has 6 rings (SSSR count). The standard InChI is InChI=1S/C38H50O15/c1-16(2)27(44)33(45)51-31-29-25(36(8,22(49-29)13-23(41)42)21-12-24(43)52-35(21,7)15-39)18(5)38-32(53-38)30(26(37(31,38)9)20-10-11-47-14-20)50-34(46)28(17(3)4)48-19(6)40/h10-11,14,16-17,21-22,25-32,39,44H,5,12-13,15H2,1-4,6-9H3,(H,41,42). The van der Waals surface area contributed by atoms with Crippen LogP contribution in [0.4, 0.5) is 0 Å². The Kier molecular flexibility index (Phi) is 9.70. The van der Waals surface area contributed by atoms with Gasteiger partial charge in [0.05, 0.1) is 43.5 Å². The van der Waals surface area contributed by atoms with E-state index < -0.39 is 137 Å². The molecule has 2 saturated carbocycles. The third-order valence-electron chi connectivity index (χ3n) is 12.8. The highest BCUT2D eigenvalue weighted by Gasteiger charge is 2.89. The number of fused-ring (bicyclic) bond motifs is 1. The van der Waals surface area contributed by atoms with Gasteiger partial charge >= 0.3 is 29.8 Å². The van der Waals surface area contributed by atoms with Crippen molar-refractivity contribution < 1.29 is 72.1 Å². The highest BCUT2D eigenvalue weighted by Crippen LogP contribution is 2.78. The monoisotopic (exact) mass is 746 g/mol. The Morgan fingerprint density at radius 1 is 1.04 bits per heavy atom. The summed E-state index contributed by atoms with van der Waals surface area (Å²) in [7, 11) is 0. The van der Waals surface area contributed by atoms with Crippen LogP contribution < -0.4 is 0 Å². The molecule has 5 fully saturated rings. The van der Waals surface area contributed by atoms with Crippen molar-refractivity contribution >= 4 is 29.8 Å². The Morgan fingerprint density at radius 2 is 1.72 bits per heavy atom. The summed E-state index contributed by atoms with van der Waals surface area (Å²) in [4.78, 5) is 65.0. The van der Waals surface area contributed by atoms with E-state index in [2.05, 4.69) is 6.58 Å². The highest BCUT2D eigenvalue weighted by molar-refractivity contribution is 5.79. The van der Waals surface area contributed by atoms with E-state index in [1.54, 1.807) is 54.5 Å². The van der Waals surface area contributed by atoms with Crippen LogP contribution in [0.3, 0.4) is 0 Å². The van der Waals surface area contributed by atoms with Gasteiger partial charge < -0.3 is 48.2 Å². The summed E-state index contributed by atoms with van der Waals surface area (Å²) in [6, 6.07) is 1.68. The fourth-order valence-corrected chi connectivity index (χ4v) is 10.3. The smallest absolute Gasteiger partial charge is 0.348 e. The maximum absolute atomic E-state index is 13.9. The molecule has 3 aliphatic heterocycles. The number of carbonyl (C=O) groups excluding carboxylic acids is 4. The van der Waals surface area contributed by atoms with Crippen molar-refractivity contribution in [3.63, 3.8) is 0 Å². The Morgan fingerprint density at radius 3 is 2.26 bits per heavy atom. The fourth-order valence-electron chi connectivity index (χ4n) is 10.3. The minimum absolute atomic E-state index is 0.167. The van der Waals surface area contributed by atoms with Gasteiger partial charge in [-0.15, -0.1) is 0 Å². The molecular formula is C38H50O15. The molecule has 292 valence electrons. The molecule has 0 aromatic carbocycles. The average molecular weight is 747 g/mol. The van der Waals surface area contributed by atoms with Crippen LogP contribution in [0.1, 0.15) is 79.7 Å². The van der Waals surface area contributed by atoms with Crippen LogP contribution in [0.25, 0.3) is 0 Å². The number of epoxide rings is 1. The van der Waals surface area contributed by atoms with E-state index in [0.717, 1.165) is 0 Å². The molecular weight excluding hydrogens is 696 g/mol. The van der Waals surface area contributed by atoms with E-state index in [4.69, 9.17) is 32.8 Å². The molecule has 15 heteroatoms. The average Bonchev–Trinajstić information content (AvgIpc) is 3.28. The van der Waals surface area contributed by atoms with Gasteiger partial charge in [-0.05, 0) is 30.0 Å². The van der Waals surface area contributed by atoms with Crippen molar-refractivity contribution in [2.75, 3.05) is 6.61 Å². The summed E-state index contributed by atoms with van der Waals surface area (Å²) < 4.78 is 42.5. The van der Waals surface area contributed by atoms with Gasteiger partial charge in [0.15, 0.2) is 6.10 Å². The zero-order chi connectivity index (χ0) is 39.2.